The van der Waals surface area contributed by atoms with Crippen LogP contribution in [0.5, 0.6) is 0 Å². The Morgan fingerprint density at radius 1 is 1.05 bits per heavy atom. The van der Waals surface area contributed by atoms with E-state index < -0.39 is 0 Å². The van der Waals surface area contributed by atoms with Crippen molar-refractivity contribution in [1.82, 2.24) is 4.98 Å². The zero-order valence-corrected chi connectivity index (χ0v) is 11.7. The van der Waals surface area contributed by atoms with Crippen LogP contribution in [0.1, 0.15) is 0 Å². The minimum atomic E-state index is 0.111. The normalized spacial score (nSPS) is 11.2. The molecule has 3 aromatic rings. The third-order valence-corrected chi connectivity index (χ3v) is 3.50. The van der Waals surface area contributed by atoms with Gasteiger partial charge in [0.15, 0.2) is 6.54 Å². The molecule has 0 saturated heterocycles. The summed E-state index contributed by atoms with van der Waals surface area (Å²) in [5.41, 5.74) is 5.11. The average Bonchev–Trinajstić information content (AvgIpc) is 2.46. The number of fused-ring (bicyclic) bond motifs is 2. The summed E-state index contributed by atoms with van der Waals surface area (Å²) in [6.07, 6.45) is 0. The summed E-state index contributed by atoms with van der Waals surface area (Å²) in [5.74, 6) is 0. The standard InChI is InChI=1S/C16H18N3O/c1-18(2)12-7-8-14-16(11-12)19(9-10-20)15-6-4-3-5-13(15)17-14/h3-8,11,20H,9-10H2,1-2H3/q+1. The molecule has 0 fully saturated rings. The molecular formula is C16H18N3O+. The monoisotopic (exact) mass is 268 g/mol. The number of para-hydroxylation sites is 2. The smallest absolute Gasteiger partial charge is 0.233 e. The number of hydrogen-bond donors (Lipinski definition) is 1. The molecule has 2 aromatic carbocycles. The van der Waals surface area contributed by atoms with Crippen molar-refractivity contribution in [2.24, 2.45) is 0 Å². The molecule has 0 aliphatic heterocycles. The molecule has 0 aliphatic carbocycles. The van der Waals surface area contributed by atoms with Crippen LogP contribution in [-0.2, 0) is 6.54 Å². The highest BCUT2D eigenvalue weighted by molar-refractivity contribution is 5.83. The van der Waals surface area contributed by atoms with Gasteiger partial charge in [-0.25, -0.2) is 4.98 Å². The number of aromatic nitrogens is 2. The van der Waals surface area contributed by atoms with Crippen molar-refractivity contribution in [2.45, 2.75) is 6.54 Å². The maximum atomic E-state index is 9.37. The SMILES string of the molecule is CN(C)c1ccc2nc3ccccc3[n+](CCO)c2c1. The van der Waals surface area contributed by atoms with Crippen LogP contribution in [0.3, 0.4) is 0 Å². The van der Waals surface area contributed by atoms with Gasteiger partial charge in [-0.05, 0) is 18.2 Å². The third kappa shape index (κ3) is 2.08. The summed E-state index contributed by atoms with van der Waals surface area (Å²) in [7, 11) is 4.04. The summed E-state index contributed by atoms with van der Waals surface area (Å²) in [5, 5.41) is 9.37. The fourth-order valence-corrected chi connectivity index (χ4v) is 2.49. The number of benzene rings is 2. The molecule has 0 bridgehead atoms. The van der Waals surface area contributed by atoms with E-state index in [1.165, 1.54) is 0 Å². The van der Waals surface area contributed by atoms with Gasteiger partial charge < -0.3 is 10.0 Å². The number of rotatable bonds is 3. The minimum absolute atomic E-state index is 0.111. The molecule has 102 valence electrons. The Morgan fingerprint density at radius 3 is 2.55 bits per heavy atom. The molecule has 4 heteroatoms. The van der Waals surface area contributed by atoms with E-state index in [-0.39, 0.29) is 6.61 Å². The Kier molecular flexibility index (Phi) is 3.24. The van der Waals surface area contributed by atoms with Gasteiger partial charge >= 0.3 is 0 Å². The zero-order valence-electron chi connectivity index (χ0n) is 11.7. The largest absolute Gasteiger partial charge is 0.390 e. The fraction of sp³-hybridized carbons (Fsp3) is 0.250. The second-order valence-electron chi connectivity index (χ2n) is 5.04. The highest BCUT2D eigenvalue weighted by Gasteiger charge is 2.16. The topological polar surface area (TPSA) is 40.2 Å². The number of aliphatic hydroxyl groups is 1. The van der Waals surface area contributed by atoms with Crippen LogP contribution in [0.25, 0.3) is 22.1 Å². The number of nitrogens with zero attached hydrogens (tertiary/aromatic N) is 3. The van der Waals surface area contributed by atoms with Crippen molar-refractivity contribution in [3.63, 3.8) is 0 Å². The Hall–Kier alpha value is -2.20. The second kappa shape index (κ2) is 5.06. The molecule has 0 amide bonds. The highest BCUT2D eigenvalue weighted by Crippen LogP contribution is 2.19. The molecule has 0 atom stereocenters. The molecule has 1 N–H and O–H groups in total. The van der Waals surface area contributed by atoms with Crippen LogP contribution in [0, 0.1) is 0 Å². The lowest BCUT2D eigenvalue weighted by atomic mass is 10.2. The van der Waals surface area contributed by atoms with Crippen molar-refractivity contribution in [3.05, 3.63) is 42.5 Å². The second-order valence-corrected chi connectivity index (χ2v) is 5.04. The summed E-state index contributed by atoms with van der Waals surface area (Å²) >= 11 is 0. The van der Waals surface area contributed by atoms with Crippen molar-refractivity contribution in [1.29, 1.82) is 0 Å². The summed E-state index contributed by atoms with van der Waals surface area (Å²) in [4.78, 5) is 6.77. The van der Waals surface area contributed by atoms with Gasteiger partial charge in [-0.3, -0.25) is 0 Å². The highest BCUT2D eigenvalue weighted by atomic mass is 16.3. The van der Waals surface area contributed by atoms with Crippen LogP contribution in [0.4, 0.5) is 5.69 Å². The Balaban J connectivity index is 2.39. The first-order valence-electron chi connectivity index (χ1n) is 6.71. The van der Waals surface area contributed by atoms with Gasteiger partial charge in [0.05, 0.1) is 0 Å². The minimum Gasteiger partial charge on any atom is -0.390 e. The Bertz CT molecular complexity index is 768. The summed E-state index contributed by atoms with van der Waals surface area (Å²) < 4.78 is 2.13. The molecule has 3 rings (SSSR count). The fourth-order valence-electron chi connectivity index (χ4n) is 2.49. The maximum absolute atomic E-state index is 9.37. The van der Waals surface area contributed by atoms with E-state index in [2.05, 4.69) is 21.6 Å². The van der Waals surface area contributed by atoms with E-state index in [1.54, 1.807) is 0 Å². The van der Waals surface area contributed by atoms with Crippen LogP contribution >= 0.6 is 0 Å². The van der Waals surface area contributed by atoms with Crippen LogP contribution < -0.4 is 9.47 Å². The van der Waals surface area contributed by atoms with Crippen molar-refractivity contribution < 1.29 is 9.67 Å². The Labute approximate surface area is 117 Å². The first-order valence-corrected chi connectivity index (χ1v) is 6.71. The lowest BCUT2D eigenvalue weighted by molar-refractivity contribution is -0.647. The molecule has 0 spiro atoms. The van der Waals surface area contributed by atoms with Gasteiger partial charge in [0.1, 0.15) is 17.6 Å². The van der Waals surface area contributed by atoms with E-state index in [0.717, 1.165) is 27.8 Å². The maximum Gasteiger partial charge on any atom is 0.233 e. The molecular weight excluding hydrogens is 250 g/mol. The van der Waals surface area contributed by atoms with Crippen LogP contribution in [0.15, 0.2) is 42.5 Å². The lowest BCUT2D eigenvalue weighted by Gasteiger charge is -2.12. The van der Waals surface area contributed by atoms with E-state index in [9.17, 15) is 5.11 Å². The molecule has 20 heavy (non-hydrogen) atoms. The van der Waals surface area contributed by atoms with Crippen molar-refractivity contribution >= 4 is 27.8 Å². The summed E-state index contributed by atoms with van der Waals surface area (Å²) in [6.45, 7) is 0.677. The van der Waals surface area contributed by atoms with E-state index >= 15 is 0 Å². The van der Waals surface area contributed by atoms with Crippen LogP contribution in [-0.4, -0.2) is 30.8 Å². The molecule has 0 unspecified atom stereocenters. The number of hydrogen-bond acceptors (Lipinski definition) is 3. The third-order valence-electron chi connectivity index (χ3n) is 3.50. The van der Waals surface area contributed by atoms with Gasteiger partial charge in [-0.2, -0.15) is 4.57 Å². The average molecular weight is 268 g/mol. The lowest BCUT2D eigenvalue weighted by Crippen LogP contribution is -2.37. The summed E-state index contributed by atoms with van der Waals surface area (Å²) in [6, 6.07) is 14.2. The van der Waals surface area contributed by atoms with Crippen molar-refractivity contribution in [3.8, 4) is 0 Å². The predicted molar refractivity (Wildman–Crippen MR) is 80.9 cm³/mol. The molecule has 0 aliphatic rings. The van der Waals surface area contributed by atoms with Crippen LogP contribution in [0.2, 0.25) is 0 Å². The Morgan fingerprint density at radius 2 is 1.80 bits per heavy atom. The first kappa shape index (κ1) is 12.8. The number of anilines is 1. The molecule has 1 aromatic heterocycles. The van der Waals surface area contributed by atoms with Gasteiger partial charge in [0.2, 0.25) is 11.0 Å². The van der Waals surface area contributed by atoms with Gasteiger partial charge in [-0.15, -0.1) is 0 Å². The molecule has 4 nitrogen and oxygen atoms in total. The van der Waals surface area contributed by atoms with E-state index in [0.29, 0.717) is 6.54 Å². The van der Waals surface area contributed by atoms with Gasteiger partial charge in [0.25, 0.3) is 0 Å². The number of aliphatic hydroxyl groups excluding tert-OH is 1. The molecule has 1 heterocycles. The van der Waals surface area contributed by atoms with E-state index in [1.807, 2.05) is 44.4 Å². The molecule has 0 radical (unpaired) electrons. The molecule has 0 saturated carbocycles. The van der Waals surface area contributed by atoms with E-state index in [4.69, 9.17) is 4.98 Å². The van der Waals surface area contributed by atoms with Gasteiger partial charge in [-0.1, -0.05) is 12.1 Å². The van der Waals surface area contributed by atoms with Gasteiger partial charge in [0, 0.05) is 31.9 Å². The quantitative estimate of drug-likeness (QED) is 0.581. The van der Waals surface area contributed by atoms with Crippen molar-refractivity contribution in [2.75, 3.05) is 25.6 Å². The predicted octanol–water partition coefficient (Wildman–Crippen LogP) is 1.73. The zero-order chi connectivity index (χ0) is 14.1. The first-order chi connectivity index (χ1) is 9.70.